The summed E-state index contributed by atoms with van der Waals surface area (Å²) >= 11 is 0. The largest absolute Gasteiger partial charge is 0.278 e. The van der Waals surface area contributed by atoms with E-state index in [9.17, 15) is 0 Å². The summed E-state index contributed by atoms with van der Waals surface area (Å²) < 4.78 is 2.25. The molecule has 0 aliphatic heterocycles. The Balaban J connectivity index is 1.22. The molecule has 2 aliphatic carbocycles. The van der Waals surface area contributed by atoms with Gasteiger partial charge in [-0.3, -0.25) is 9.55 Å². The van der Waals surface area contributed by atoms with E-state index in [-0.39, 0.29) is 0 Å². The van der Waals surface area contributed by atoms with Crippen molar-refractivity contribution in [2.45, 2.75) is 5.41 Å². The normalized spacial score (nSPS) is 13.5. The highest BCUT2D eigenvalue weighted by molar-refractivity contribution is 6.26. The van der Waals surface area contributed by atoms with Crippen LogP contribution < -0.4 is 0 Å². The zero-order valence-electron chi connectivity index (χ0n) is 27.8. The van der Waals surface area contributed by atoms with E-state index in [1.807, 2.05) is 42.6 Å². The van der Waals surface area contributed by atoms with Crippen molar-refractivity contribution in [3.63, 3.8) is 0 Å². The molecule has 0 radical (unpaired) electrons. The molecule has 52 heavy (non-hydrogen) atoms. The average molecular weight is 662 g/mol. The molecule has 0 amide bonds. The maximum Gasteiger partial charge on any atom is 0.238 e. The molecular formula is C47H27N5. The van der Waals surface area contributed by atoms with Crippen molar-refractivity contribution in [1.82, 2.24) is 24.5 Å². The third kappa shape index (κ3) is 3.47. The van der Waals surface area contributed by atoms with Gasteiger partial charge in [0.25, 0.3) is 0 Å². The van der Waals surface area contributed by atoms with Crippen LogP contribution in [-0.2, 0) is 5.41 Å². The first kappa shape index (κ1) is 27.8. The van der Waals surface area contributed by atoms with Crippen LogP contribution in [0.1, 0.15) is 22.3 Å². The summed E-state index contributed by atoms with van der Waals surface area (Å²) in [6.07, 6.45) is 1.87. The Hall–Kier alpha value is -6.98. The van der Waals surface area contributed by atoms with E-state index in [1.54, 1.807) is 0 Å². The van der Waals surface area contributed by atoms with Crippen LogP contribution in [-0.4, -0.2) is 24.5 Å². The lowest BCUT2D eigenvalue weighted by Crippen LogP contribution is -2.30. The van der Waals surface area contributed by atoms with Gasteiger partial charge in [-0.05, 0) is 68.4 Å². The second kappa shape index (κ2) is 10.1. The summed E-state index contributed by atoms with van der Waals surface area (Å²) in [6.45, 7) is 0. The van der Waals surface area contributed by atoms with Gasteiger partial charge in [-0.2, -0.15) is 9.97 Å². The van der Waals surface area contributed by atoms with Gasteiger partial charge < -0.3 is 0 Å². The van der Waals surface area contributed by atoms with Gasteiger partial charge in [0, 0.05) is 33.5 Å². The van der Waals surface area contributed by atoms with Crippen LogP contribution in [0.25, 0.3) is 83.3 Å². The van der Waals surface area contributed by atoms with Crippen molar-refractivity contribution < 1.29 is 0 Å². The number of hydrogen-bond donors (Lipinski definition) is 0. The van der Waals surface area contributed by atoms with Crippen LogP contribution in [0, 0.1) is 0 Å². The fourth-order valence-corrected chi connectivity index (χ4v) is 9.23. The first-order valence-electron chi connectivity index (χ1n) is 17.7. The number of nitrogens with zero attached hydrogens (tertiary/aromatic N) is 5. The van der Waals surface area contributed by atoms with Gasteiger partial charge in [0.1, 0.15) is 0 Å². The lowest BCUT2D eigenvalue weighted by Gasteiger charge is -2.37. The lowest BCUT2D eigenvalue weighted by atomic mass is 9.63. The minimum atomic E-state index is -0.476. The third-order valence-corrected chi connectivity index (χ3v) is 11.3. The molecule has 0 N–H and O–H groups in total. The van der Waals surface area contributed by atoms with Crippen LogP contribution in [0.15, 0.2) is 164 Å². The molecule has 240 valence electrons. The fraction of sp³-hybridized carbons (Fsp3) is 0.0213. The maximum absolute atomic E-state index is 5.27. The second-order valence-corrected chi connectivity index (χ2v) is 13.8. The van der Waals surface area contributed by atoms with E-state index in [4.69, 9.17) is 19.9 Å². The number of benzene rings is 7. The Bertz CT molecular complexity index is 3100. The molecule has 0 bridgehead atoms. The first-order chi connectivity index (χ1) is 25.8. The number of fused-ring (bicyclic) bond motifs is 8. The molecule has 5 heteroatoms. The molecule has 0 unspecified atom stereocenters. The monoisotopic (exact) mass is 661 g/mol. The Kier molecular flexibility index (Phi) is 5.37. The fourth-order valence-electron chi connectivity index (χ4n) is 9.23. The summed E-state index contributed by atoms with van der Waals surface area (Å²) in [7, 11) is 0. The molecule has 5 nitrogen and oxygen atoms in total. The molecule has 10 aromatic rings. The molecular weight excluding hydrogens is 635 g/mol. The highest BCUT2D eigenvalue weighted by atomic mass is 15.2. The SMILES string of the molecule is c1ccc(-c2nc(-c3cnc4ccccc4c3)nc(-n3c4cccc5c4c4c6c(cccc6ccc43)C53c4ccccc4-c4ccccc43)n2)cc1. The van der Waals surface area contributed by atoms with Crippen molar-refractivity contribution in [2.75, 3.05) is 0 Å². The topological polar surface area (TPSA) is 56.5 Å². The summed E-state index contributed by atoms with van der Waals surface area (Å²) in [6, 6.07) is 56.4. The van der Waals surface area contributed by atoms with Gasteiger partial charge in [0.05, 0.1) is 22.0 Å². The average Bonchev–Trinajstić information content (AvgIpc) is 3.71. The number of aromatic nitrogens is 5. The predicted molar refractivity (Wildman–Crippen MR) is 209 cm³/mol. The molecule has 0 saturated carbocycles. The first-order valence-corrected chi connectivity index (χ1v) is 17.7. The lowest BCUT2D eigenvalue weighted by molar-refractivity contribution is 0.783. The molecule has 12 rings (SSSR count). The molecule has 7 aromatic carbocycles. The van der Waals surface area contributed by atoms with E-state index >= 15 is 0 Å². The summed E-state index contributed by atoms with van der Waals surface area (Å²) in [5, 5.41) is 6.02. The molecule has 3 heterocycles. The minimum Gasteiger partial charge on any atom is -0.278 e. The van der Waals surface area contributed by atoms with Crippen LogP contribution in [0.5, 0.6) is 0 Å². The van der Waals surface area contributed by atoms with Crippen LogP contribution >= 0.6 is 0 Å². The highest BCUT2D eigenvalue weighted by Crippen LogP contribution is 2.61. The van der Waals surface area contributed by atoms with Crippen molar-refractivity contribution in [1.29, 1.82) is 0 Å². The standard InChI is InChI=1S/C47H27N5/c1-2-12-29(13-3-1)44-49-45(31-26-30-14-4-9-22-38(30)48-27-31)51-46(50-44)52-39-23-11-21-37-42(39)43-40(52)25-24-28-15-10-20-36(41(28)43)47(37)34-18-7-5-16-32(34)33-17-6-8-19-35(33)47/h1-27H. The Morgan fingerprint density at radius 3 is 1.85 bits per heavy atom. The molecule has 0 atom stereocenters. The van der Waals surface area contributed by atoms with Gasteiger partial charge in [-0.1, -0.05) is 133 Å². The minimum absolute atomic E-state index is 0.476. The van der Waals surface area contributed by atoms with Gasteiger partial charge in [0.2, 0.25) is 5.95 Å². The van der Waals surface area contributed by atoms with Crippen LogP contribution in [0.4, 0.5) is 0 Å². The maximum atomic E-state index is 5.27. The molecule has 1 spiro atoms. The summed E-state index contributed by atoms with van der Waals surface area (Å²) in [5.41, 5.74) is 12.2. The summed E-state index contributed by atoms with van der Waals surface area (Å²) in [4.78, 5) is 20.3. The molecule has 2 aliphatic rings. The van der Waals surface area contributed by atoms with E-state index in [0.29, 0.717) is 17.6 Å². The smallest absolute Gasteiger partial charge is 0.238 e. The van der Waals surface area contributed by atoms with E-state index in [2.05, 4.69) is 126 Å². The van der Waals surface area contributed by atoms with Gasteiger partial charge >= 0.3 is 0 Å². The zero-order valence-corrected chi connectivity index (χ0v) is 27.8. The van der Waals surface area contributed by atoms with Gasteiger partial charge in [0.15, 0.2) is 11.6 Å². The molecule has 3 aromatic heterocycles. The van der Waals surface area contributed by atoms with Crippen LogP contribution in [0.3, 0.4) is 0 Å². The Morgan fingerprint density at radius 2 is 1.04 bits per heavy atom. The Morgan fingerprint density at radius 1 is 0.423 bits per heavy atom. The zero-order chi connectivity index (χ0) is 34.0. The van der Waals surface area contributed by atoms with Gasteiger partial charge in [-0.25, -0.2) is 4.98 Å². The third-order valence-electron chi connectivity index (χ3n) is 11.3. The quantitative estimate of drug-likeness (QED) is 0.189. The van der Waals surface area contributed by atoms with Crippen molar-refractivity contribution >= 4 is 43.5 Å². The molecule has 0 saturated heterocycles. The predicted octanol–water partition coefficient (Wildman–Crippen LogP) is 10.7. The highest BCUT2D eigenvalue weighted by Gasteiger charge is 2.50. The van der Waals surface area contributed by atoms with Crippen molar-refractivity contribution in [2.24, 2.45) is 0 Å². The number of para-hydroxylation sites is 1. The van der Waals surface area contributed by atoms with Crippen LogP contribution in [0.2, 0.25) is 0 Å². The number of rotatable bonds is 3. The Labute approximate surface area is 298 Å². The van der Waals surface area contributed by atoms with E-state index in [0.717, 1.165) is 33.1 Å². The number of pyridine rings is 1. The van der Waals surface area contributed by atoms with E-state index < -0.39 is 5.41 Å². The summed E-state index contributed by atoms with van der Waals surface area (Å²) in [5.74, 6) is 1.78. The van der Waals surface area contributed by atoms with E-state index in [1.165, 1.54) is 54.9 Å². The van der Waals surface area contributed by atoms with Crippen molar-refractivity contribution in [3.05, 3.63) is 186 Å². The van der Waals surface area contributed by atoms with Gasteiger partial charge in [-0.15, -0.1) is 0 Å². The molecule has 0 fully saturated rings. The number of hydrogen-bond acceptors (Lipinski definition) is 4. The van der Waals surface area contributed by atoms with Crippen molar-refractivity contribution in [3.8, 4) is 39.9 Å². The second-order valence-electron chi connectivity index (χ2n) is 13.8.